The molecule has 2 rings (SSSR count). The lowest BCUT2D eigenvalue weighted by Gasteiger charge is -2.15. The Balaban J connectivity index is 1.93. The van der Waals surface area contributed by atoms with Crippen LogP contribution in [-0.4, -0.2) is 35.5 Å². The van der Waals surface area contributed by atoms with Gasteiger partial charge in [-0.05, 0) is 20.3 Å². The van der Waals surface area contributed by atoms with E-state index in [9.17, 15) is 9.59 Å². The summed E-state index contributed by atoms with van der Waals surface area (Å²) < 4.78 is 5.19. The number of amides is 2. The van der Waals surface area contributed by atoms with Gasteiger partial charge in [0.05, 0.1) is 12.2 Å². The van der Waals surface area contributed by atoms with Gasteiger partial charge in [0.25, 0.3) is 11.8 Å². The fourth-order valence-corrected chi connectivity index (χ4v) is 1.47. The molecule has 14 heavy (non-hydrogen) atoms. The molecule has 0 saturated carbocycles. The summed E-state index contributed by atoms with van der Waals surface area (Å²) in [7, 11) is 0. The quantitative estimate of drug-likeness (QED) is 0.486. The topological polar surface area (TPSA) is 49.9 Å². The summed E-state index contributed by atoms with van der Waals surface area (Å²) in [4.78, 5) is 24.0. The maximum absolute atomic E-state index is 11.4. The summed E-state index contributed by atoms with van der Waals surface area (Å²) in [5.41, 5.74) is 0.425. The van der Waals surface area contributed by atoms with Crippen molar-refractivity contribution in [3.63, 3.8) is 0 Å². The number of carbonyl (C=O) groups is 2. The Bertz CT molecular complexity index is 328. The van der Waals surface area contributed by atoms with Crippen LogP contribution in [-0.2, 0) is 14.3 Å². The number of rotatable bonds is 3. The summed E-state index contributed by atoms with van der Waals surface area (Å²) in [5.74, 6) is -0.365. The van der Waals surface area contributed by atoms with Gasteiger partial charge in [0.2, 0.25) is 0 Å². The van der Waals surface area contributed by atoms with Crippen molar-refractivity contribution in [2.24, 2.45) is 0 Å². The normalized spacial score (nSPS) is 31.0. The lowest BCUT2D eigenvalue weighted by molar-refractivity contribution is -0.137. The third-order valence-corrected chi connectivity index (χ3v) is 2.69. The standard InChI is InChI=1S/C10H13NO3/c1-7-5-8(12)11(9(7)13)4-3-10(2)6-14-10/h5H,3-4,6H2,1-2H3. The van der Waals surface area contributed by atoms with E-state index >= 15 is 0 Å². The summed E-state index contributed by atoms with van der Waals surface area (Å²) in [6.45, 7) is 4.84. The third kappa shape index (κ3) is 1.57. The second kappa shape index (κ2) is 2.92. The molecule has 2 aliphatic rings. The first-order valence-corrected chi connectivity index (χ1v) is 4.70. The maximum Gasteiger partial charge on any atom is 0.256 e. The molecule has 1 saturated heterocycles. The molecule has 4 heteroatoms. The first-order valence-electron chi connectivity index (χ1n) is 4.70. The molecule has 0 spiro atoms. The van der Waals surface area contributed by atoms with Crippen LogP contribution in [0.1, 0.15) is 20.3 Å². The Morgan fingerprint density at radius 1 is 1.57 bits per heavy atom. The Morgan fingerprint density at radius 2 is 2.21 bits per heavy atom. The van der Waals surface area contributed by atoms with Crippen LogP contribution < -0.4 is 0 Å². The zero-order chi connectivity index (χ0) is 10.3. The number of carbonyl (C=O) groups excluding carboxylic acids is 2. The Kier molecular flexibility index (Phi) is 1.96. The molecule has 76 valence electrons. The minimum Gasteiger partial charge on any atom is -0.370 e. The van der Waals surface area contributed by atoms with E-state index in [1.807, 2.05) is 6.92 Å². The van der Waals surface area contributed by atoms with Gasteiger partial charge in [0.1, 0.15) is 0 Å². The summed E-state index contributed by atoms with van der Waals surface area (Å²) in [6, 6.07) is 0. The first-order chi connectivity index (χ1) is 6.52. The largest absolute Gasteiger partial charge is 0.370 e. The highest BCUT2D eigenvalue weighted by Gasteiger charge is 2.40. The number of epoxide rings is 1. The predicted molar refractivity (Wildman–Crippen MR) is 49.5 cm³/mol. The van der Waals surface area contributed by atoms with Crippen molar-refractivity contribution in [1.82, 2.24) is 4.90 Å². The van der Waals surface area contributed by atoms with E-state index in [4.69, 9.17) is 4.74 Å². The second-order valence-electron chi connectivity index (χ2n) is 4.11. The Labute approximate surface area is 82.5 Å². The van der Waals surface area contributed by atoms with Gasteiger partial charge >= 0.3 is 0 Å². The van der Waals surface area contributed by atoms with Crippen molar-refractivity contribution in [3.05, 3.63) is 11.6 Å². The van der Waals surface area contributed by atoms with E-state index in [2.05, 4.69) is 0 Å². The number of imide groups is 1. The van der Waals surface area contributed by atoms with Crippen molar-refractivity contribution in [2.75, 3.05) is 13.2 Å². The van der Waals surface area contributed by atoms with Gasteiger partial charge in [-0.15, -0.1) is 0 Å². The van der Waals surface area contributed by atoms with E-state index in [1.165, 1.54) is 11.0 Å². The smallest absolute Gasteiger partial charge is 0.256 e. The molecule has 0 aromatic rings. The molecule has 0 bridgehead atoms. The van der Waals surface area contributed by atoms with E-state index < -0.39 is 0 Å². The fraction of sp³-hybridized carbons (Fsp3) is 0.600. The molecule has 0 radical (unpaired) electrons. The van der Waals surface area contributed by atoms with Crippen LogP contribution in [0.4, 0.5) is 0 Å². The lowest BCUT2D eigenvalue weighted by Crippen LogP contribution is -2.33. The molecule has 2 amide bonds. The SMILES string of the molecule is CC1=CC(=O)N(CCC2(C)CO2)C1=O. The van der Waals surface area contributed by atoms with Crippen LogP contribution in [0.15, 0.2) is 11.6 Å². The summed E-state index contributed by atoms with van der Waals surface area (Å²) in [6.07, 6.45) is 2.12. The van der Waals surface area contributed by atoms with Crippen LogP contribution in [0.3, 0.4) is 0 Å². The zero-order valence-corrected chi connectivity index (χ0v) is 8.37. The van der Waals surface area contributed by atoms with Gasteiger partial charge in [-0.1, -0.05) is 0 Å². The molecule has 1 fully saturated rings. The average molecular weight is 195 g/mol. The van der Waals surface area contributed by atoms with E-state index in [1.54, 1.807) is 6.92 Å². The summed E-state index contributed by atoms with van der Waals surface area (Å²) >= 11 is 0. The first kappa shape index (κ1) is 9.40. The number of nitrogens with zero attached hydrogens (tertiary/aromatic N) is 1. The van der Waals surface area contributed by atoms with Crippen LogP contribution in [0.2, 0.25) is 0 Å². The van der Waals surface area contributed by atoms with Gasteiger partial charge < -0.3 is 4.74 Å². The minimum absolute atomic E-state index is 0.100. The Hall–Kier alpha value is -1.16. The van der Waals surface area contributed by atoms with Crippen LogP contribution in [0.5, 0.6) is 0 Å². The molecule has 0 N–H and O–H groups in total. The Morgan fingerprint density at radius 3 is 2.64 bits per heavy atom. The third-order valence-electron chi connectivity index (χ3n) is 2.69. The van der Waals surface area contributed by atoms with Gasteiger partial charge in [-0.2, -0.15) is 0 Å². The maximum atomic E-state index is 11.4. The molecule has 1 atom stereocenters. The van der Waals surface area contributed by atoms with Crippen molar-refractivity contribution in [2.45, 2.75) is 25.9 Å². The molecule has 2 aliphatic heterocycles. The highest BCUT2D eigenvalue weighted by Crippen LogP contribution is 2.30. The van der Waals surface area contributed by atoms with Crippen molar-refractivity contribution < 1.29 is 14.3 Å². The molecule has 4 nitrogen and oxygen atoms in total. The predicted octanol–water partition coefficient (Wildman–Crippen LogP) is 0.481. The van der Waals surface area contributed by atoms with Gasteiger partial charge in [-0.3, -0.25) is 14.5 Å². The second-order valence-corrected chi connectivity index (χ2v) is 4.11. The molecule has 1 unspecified atom stereocenters. The van der Waals surface area contributed by atoms with Crippen LogP contribution >= 0.6 is 0 Å². The minimum atomic E-state index is -0.197. The molecule has 2 heterocycles. The van der Waals surface area contributed by atoms with Gasteiger partial charge in [0, 0.05) is 18.2 Å². The van der Waals surface area contributed by atoms with Crippen molar-refractivity contribution in [1.29, 1.82) is 0 Å². The molecular weight excluding hydrogens is 182 g/mol. The molecule has 0 aliphatic carbocycles. The van der Waals surface area contributed by atoms with Gasteiger partial charge in [-0.25, -0.2) is 0 Å². The molecular formula is C10H13NO3. The number of ether oxygens (including phenoxy) is 1. The average Bonchev–Trinajstić information content (AvgIpc) is 2.78. The number of hydrogen-bond acceptors (Lipinski definition) is 3. The lowest BCUT2D eigenvalue weighted by atomic mass is 10.1. The number of hydrogen-bond donors (Lipinski definition) is 0. The zero-order valence-electron chi connectivity index (χ0n) is 8.37. The van der Waals surface area contributed by atoms with E-state index in [0.717, 1.165) is 13.0 Å². The highest BCUT2D eigenvalue weighted by molar-refractivity contribution is 6.15. The van der Waals surface area contributed by atoms with Crippen molar-refractivity contribution >= 4 is 11.8 Å². The molecule has 0 aromatic heterocycles. The summed E-state index contributed by atoms with van der Waals surface area (Å²) in [5, 5.41) is 0. The monoisotopic (exact) mass is 195 g/mol. The van der Waals surface area contributed by atoms with Crippen molar-refractivity contribution in [3.8, 4) is 0 Å². The highest BCUT2D eigenvalue weighted by atomic mass is 16.6. The fourth-order valence-electron chi connectivity index (χ4n) is 1.47. The van der Waals surface area contributed by atoms with Crippen LogP contribution in [0, 0.1) is 0 Å². The van der Waals surface area contributed by atoms with E-state index in [-0.39, 0.29) is 17.4 Å². The van der Waals surface area contributed by atoms with Gasteiger partial charge in [0.15, 0.2) is 0 Å². The van der Waals surface area contributed by atoms with E-state index in [0.29, 0.717) is 12.1 Å². The molecule has 0 aromatic carbocycles. The van der Waals surface area contributed by atoms with Crippen LogP contribution in [0.25, 0.3) is 0 Å².